The van der Waals surface area contributed by atoms with E-state index < -0.39 is 9.84 Å². The second-order valence-electron chi connectivity index (χ2n) is 7.24. The molecule has 2 fully saturated rings. The van der Waals surface area contributed by atoms with Crippen molar-refractivity contribution in [3.8, 4) is 0 Å². The average Bonchev–Trinajstić information content (AvgIpc) is 3.11. The smallest absolute Gasteiger partial charge is 0.224 e. The molecule has 3 rings (SSSR count). The molecule has 0 radical (unpaired) electrons. The summed E-state index contributed by atoms with van der Waals surface area (Å²) in [6.45, 7) is 0. The molecular weight excluding hydrogens is 322 g/mol. The molecule has 0 aromatic heterocycles. The van der Waals surface area contributed by atoms with Crippen molar-refractivity contribution in [3.63, 3.8) is 0 Å². The van der Waals surface area contributed by atoms with Crippen LogP contribution in [0.25, 0.3) is 0 Å². The molecule has 0 aliphatic heterocycles. The molecule has 0 atom stereocenters. The molecule has 132 valence electrons. The topological polar surface area (TPSA) is 63.2 Å². The fourth-order valence-electron chi connectivity index (χ4n) is 4.01. The van der Waals surface area contributed by atoms with Gasteiger partial charge in [0.2, 0.25) is 5.91 Å². The van der Waals surface area contributed by atoms with Gasteiger partial charge in [0, 0.05) is 12.1 Å². The van der Waals surface area contributed by atoms with Crippen molar-refractivity contribution >= 4 is 21.4 Å². The Morgan fingerprint density at radius 3 is 2.38 bits per heavy atom. The molecule has 24 heavy (non-hydrogen) atoms. The van der Waals surface area contributed by atoms with Crippen LogP contribution >= 0.6 is 0 Å². The zero-order chi connectivity index (χ0) is 17.0. The molecule has 4 nitrogen and oxygen atoms in total. The van der Waals surface area contributed by atoms with E-state index in [1.54, 1.807) is 24.3 Å². The van der Waals surface area contributed by atoms with Crippen LogP contribution in [0.3, 0.4) is 0 Å². The summed E-state index contributed by atoms with van der Waals surface area (Å²) in [7, 11) is -3.28. The summed E-state index contributed by atoms with van der Waals surface area (Å²) in [5, 5.41) is 2.63. The standard InChI is InChI=1S/C19H27NO3S/c21-19(13-15-7-2-1-3-8-15)20-16-9-6-12-18(14-16)24(22,23)17-10-4-5-11-17/h6,9,12,14-15,17H,1-5,7-8,10-11,13H2,(H,20,21). The Labute approximate surface area is 145 Å². The van der Waals surface area contributed by atoms with E-state index in [0.717, 1.165) is 38.5 Å². The van der Waals surface area contributed by atoms with Gasteiger partial charge in [0.25, 0.3) is 0 Å². The maximum Gasteiger partial charge on any atom is 0.224 e. The fourth-order valence-corrected chi connectivity index (χ4v) is 5.91. The Balaban J connectivity index is 1.65. The van der Waals surface area contributed by atoms with Crippen molar-refractivity contribution < 1.29 is 13.2 Å². The molecule has 1 aromatic carbocycles. The lowest BCUT2D eigenvalue weighted by Gasteiger charge is -2.21. The van der Waals surface area contributed by atoms with Crippen LogP contribution in [0.5, 0.6) is 0 Å². The summed E-state index contributed by atoms with van der Waals surface area (Å²) in [4.78, 5) is 12.6. The number of sulfone groups is 1. The number of nitrogens with one attached hydrogen (secondary N) is 1. The summed E-state index contributed by atoms with van der Waals surface area (Å²) in [6, 6.07) is 6.75. The Hall–Kier alpha value is -1.36. The van der Waals surface area contributed by atoms with E-state index in [2.05, 4.69) is 5.32 Å². The molecule has 2 aliphatic rings. The first-order valence-electron chi connectivity index (χ1n) is 9.19. The molecule has 1 amide bonds. The van der Waals surface area contributed by atoms with E-state index in [0.29, 0.717) is 22.9 Å². The normalized spacial score (nSPS) is 20.2. The number of benzene rings is 1. The predicted molar refractivity (Wildman–Crippen MR) is 95.7 cm³/mol. The second-order valence-corrected chi connectivity index (χ2v) is 9.46. The minimum Gasteiger partial charge on any atom is -0.326 e. The van der Waals surface area contributed by atoms with Crippen LogP contribution < -0.4 is 5.32 Å². The van der Waals surface area contributed by atoms with Gasteiger partial charge in [-0.15, -0.1) is 0 Å². The molecule has 0 bridgehead atoms. The van der Waals surface area contributed by atoms with Crippen molar-refractivity contribution in [2.45, 2.75) is 74.4 Å². The van der Waals surface area contributed by atoms with E-state index in [9.17, 15) is 13.2 Å². The Morgan fingerprint density at radius 2 is 1.67 bits per heavy atom. The molecule has 0 spiro atoms. The fraction of sp³-hybridized carbons (Fsp3) is 0.632. The highest BCUT2D eigenvalue weighted by atomic mass is 32.2. The number of carbonyl (C=O) groups excluding carboxylic acids is 1. The largest absolute Gasteiger partial charge is 0.326 e. The number of rotatable bonds is 5. The average molecular weight is 349 g/mol. The van der Waals surface area contributed by atoms with Crippen LogP contribution in [0.2, 0.25) is 0 Å². The van der Waals surface area contributed by atoms with E-state index in [1.165, 1.54) is 19.3 Å². The van der Waals surface area contributed by atoms with Crippen LogP contribution in [0.1, 0.15) is 64.2 Å². The molecule has 0 heterocycles. The summed E-state index contributed by atoms with van der Waals surface area (Å²) in [5.74, 6) is 0.474. The van der Waals surface area contributed by atoms with Gasteiger partial charge in [-0.25, -0.2) is 8.42 Å². The number of hydrogen-bond donors (Lipinski definition) is 1. The monoisotopic (exact) mass is 349 g/mol. The third-order valence-corrected chi connectivity index (χ3v) is 7.65. The summed E-state index contributed by atoms with van der Waals surface area (Å²) in [6.07, 6.45) is 9.98. The summed E-state index contributed by atoms with van der Waals surface area (Å²) >= 11 is 0. The molecule has 0 saturated heterocycles. The van der Waals surface area contributed by atoms with Crippen molar-refractivity contribution in [1.82, 2.24) is 0 Å². The van der Waals surface area contributed by atoms with E-state index in [4.69, 9.17) is 0 Å². The number of carbonyl (C=O) groups is 1. The first kappa shape index (κ1) is 17.5. The van der Waals surface area contributed by atoms with Crippen molar-refractivity contribution in [1.29, 1.82) is 0 Å². The molecule has 2 aliphatic carbocycles. The van der Waals surface area contributed by atoms with Gasteiger partial charge < -0.3 is 5.32 Å². The van der Waals surface area contributed by atoms with E-state index >= 15 is 0 Å². The van der Waals surface area contributed by atoms with Crippen molar-refractivity contribution in [2.75, 3.05) is 5.32 Å². The third kappa shape index (κ3) is 4.18. The predicted octanol–water partition coefficient (Wildman–Crippen LogP) is 4.31. The lowest BCUT2D eigenvalue weighted by molar-refractivity contribution is -0.117. The van der Waals surface area contributed by atoms with Gasteiger partial charge in [-0.05, 0) is 49.8 Å². The minimum absolute atomic E-state index is 0.00249. The van der Waals surface area contributed by atoms with Crippen LogP contribution in [0.15, 0.2) is 29.2 Å². The second kappa shape index (κ2) is 7.68. The lowest BCUT2D eigenvalue weighted by atomic mass is 9.87. The Kier molecular flexibility index (Phi) is 5.59. The number of anilines is 1. The zero-order valence-corrected chi connectivity index (χ0v) is 15.0. The maximum atomic E-state index is 12.7. The molecule has 1 N–H and O–H groups in total. The van der Waals surface area contributed by atoms with Crippen LogP contribution in [0, 0.1) is 5.92 Å². The van der Waals surface area contributed by atoms with E-state index in [1.807, 2.05) is 0 Å². The van der Waals surface area contributed by atoms with Gasteiger partial charge in [0.15, 0.2) is 9.84 Å². The van der Waals surface area contributed by atoms with Crippen molar-refractivity contribution in [3.05, 3.63) is 24.3 Å². The van der Waals surface area contributed by atoms with Gasteiger partial charge >= 0.3 is 0 Å². The SMILES string of the molecule is O=C(CC1CCCCC1)Nc1cccc(S(=O)(=O)C2CCCC2)c1. The number of hydrogen-bond acceptors (Lipinski definition) is 3. The van der Waals surface area contributed by atoms with Gasteiger partial charge in [-0.2, -0.15) is 0 Å². The minimum atomic E-state index is -3.28. The quantitative estimate of drug-likeness (QED) is 0.861. The summed E-state index contributed by atoms with van der Waals surface area (Å²) in [5.41, 5.74) is 0.592. The van der Waals surface area contributed by atoms with Crippen LogP contribution in [0.4, 0.5) is 5.69 Å². The Morgan fingerprint density at radius 1 is 1.00 bits per heavy atom. The van der Waals surface area contributed by atoms with E-state index in [-0.39, 0.29) is 11.2 Å². The highest BCUT2D eigenvalue weighted by Gasteiger charge is 2.30. The molecule has 5 heteroatoms. The van der Waals surface area contributed by atoms with Gasteiger partial charge in [0.1, 0.15) is 0 Å². The zero-order valence-electron chi connectivity index (χ0n) is 14.2. The van der Waals surface area contributed by atoms with Gasteiger partial charge in [-0.1, -0.05) is 38.2 Å². The number of amides is 1. The molecular formula is C19H27NO3S. The summed E-state index contributed by atoms with van der Waals surface area (Å²) < 4.78 is 25.4. The molecule has 0 unspecified atom stereocenters. The van der Waals surface area contributed by atoms with Gasteiger partial charge in [-0.3, -0.25) is 4.79 Å². The van der Waals surface area contributed by atoms with Crippen LogP contribution in [-0.2, 0) is 14.6 Å². The lowest BCUT2D eigenvalue weighted by Crippen LogP contribution is -2.20. The van der Waals surface area contributed by atoms with Crippen molar-refractivity contribution in [2.24, 2.45) is 5.92 Å². The van der Waals surface area contributed by atoms with Crippen LogP contribution in [-0.4, -0.2) is 19.6 Å². The molecule has 2 saturated carbocycles. The highest BCUT2D eigenvalue weighted by molar-refractivity contribution is 7.92. The Bertz CT molecular complexity index is 672. The first-order chi connectivity index (χ1) is 11.6. The first-order valence-corrected chi connectivity index (χ1v) is 10.7. The molecule has 1 aromatic rings. The third-order valence-electron chi connectivity index (χ3n) is 5.39. The highest BCUT2D eigenvalue weighted by Crippen LogP contribution is 2.31. The van der Waals surface area contributed by atoms with Gasteiger partial charge in [0.05, 0.1) is 10.1 Å². The maximum absolute atomic E-state index is 12.7.